The number of aliphatic hydroxyl groups is 1. The molecule has 0 aromatic heterocycles. The molecule has 0 aliphatic heterocycles. The zero-order valence-corrected chi connectivity index (χ0v) is 10.7. The molecule has 0 bridgehead atoms. The van der Waals surface area contributed by atoms with Gasteiger partial charge in [-0.2, -0.15) is 13.2 Å². The van der Waals surface area contributed by atoms with Crippen molar-refractivity contribution < 1.29 is 18.3 Å². The lowest BCUT2D eigenvalue weighted by Crippen LogP contribution is -2.36. The van der Waals surface area contributed by atoms with Crippen molar-refractivity contribution in [2.45, 2.75) is 38.1 Å². The lowest BCUT2D eigenvalue weighted by atomic mass is 9.82. The SMILES string of the molecule is CC(NCC1CC(O)C1)c1ccc(C(F)(F)F)cc1. The number of halogens is 3. The van der Waals surface area contributed by atoms with Gasteiger partial charge in [0.05, 0.1) is 11.7 Å². The fraction of sp³-hybridized carbons (Fsp3) is 0.571. The predicted octanol–water partition coefficient (Wildman–Crippen LogP) is 3.13. The largest absolute Gasteiger partial charge is 0.416 e. The summed E-state index contributed by atoms with van der Waals surface area (Å²) in [5, 5.41) is 12.5. The third-order valence-electron chi connectivity index (χ3n) is 3.66. The summed E-state index contributed by atoms with van der Waals surface area (Å²) in [7, 11) is 0. The summed E-state index contributed by atoms with van der Waals surface area (Å²) in [6.07, 6.45) is -2.83. The minimum Gasteiger partial charge on any atom is -0.393 e. The molecular weight excluding hydrogens is 255 g/mol. The number of rotatable bonds is 4. The summed E-state index contributed by atoms with van der Waals surface area (Å²) >= 11 is 0. The smallest absolute Gasteiger partial charge is 0.393 e. The Hall–Kier alpha value is -1.07. The minimum atomic E-state index is -4.28. The fourth-order valence-electron chi connectivity index (χ4n) is 2.29. The van der Waals surface area contributed by atoms with Gasteiger partial charge < -0.3 is 10.4 Å². The maximum Gasteiger partial charge on any atom is 0.416 e. The van der Waals surface area contributed by atoms with Gasteiger partial charge in [-0.1, -0.05) is 12.1 Å². The Morgan fingerprint density at radius 3 is 2.32 bits per heavy atom. The van der Waals surface area contributed by atoms with Crippen LogP contribution in [0.25, 0.3) is 0 Å². The van der Waals surface area contributed by atoms with Crippen LogP contribution in [0.5, 0.6) is 0 Å². The molecule has 1 aromatic carbocycles. The van der Waals surface area contributed by atoms with Crippen LogP contribution in [0.15, 0.2) is 24.3 Å². The Bertz CT molecular complexity index is 410. The van der Waals surface area contributed by atoms with Gasteiger partial charge >= 0.3 is 6.18 Å². The molecule has 19 heavy (non-hydrogen) atoms. The Morgan fingerprint density at radius 1 is 1.26 bits per heavy atom. The van der Waals surface area contributed by atoms with Gasteiger partial charge in [-0.05, 0) is 49.9 Å². The van der Waals surface area contributed by atoms with Gasteiger partial charge in [-0.25, -0.2) is 0 Å². The molecule has 0 saturated heterocycles. The second-order valence-electron chi connectivity index (χ2n) is 5.24. The van der Waals surface area contributed by atoms with Crippen LogP contribution in [0.3, 0.4) is 0 Å². The molecule has 1 saturated carbocycles. The van der Waals surface area contributed by atoms with Gasteiger partial charge in [0.1, 0.15) is 0 Å². The number of hydrogen-bond donors (Lipinski definition) is 2. The van der Waals surface area contributed by atoms with E-state index in [1.165, 1.54) is 12.1 Å². The standard InChI is InChI=1S/C14H18F3NO/c1-9(18-8-10-6-13(19)7-10)11-2-4-12(5-3-11)14(15,16)17/h2-5,9-10,13,18-19H,6-8H2,1H3. The summed E-state index contributed by atoms with van der Waals surface area (Å²) in [5.41, 5.74) is 0.221. The van der Waals surface area contributed by atoms with E-state index < -0.39 is 11.7 Å². The number of benzene rings is 1. The second kappa shape index (κ2) is 5.51. The number of aliphatic hydroxyl groups excluding tert-OH is 1. The van der Waals surface area contributed by atoms with E-state index in [0.29, 0.717) is 5.92 Å². The number of hydrogen-bond acceptors (Lipinski definition) is 2. The molecule has 1 atom stereocenters. The summed E-state index contributed by atoms with van der Waals surface area (Å²) < 4.78 is 37.3. The monoisotopic (exact) mass is 273 g/mol. The quantitative estimate of drug-likeness (QED) is 0.883. The lowest BCUT2D eigenvalue weighted by molar-refractivity contribution is -0.137. The van der Waals surface area contributed by atoms with E-state index in [4.69, 9.17) is 0 Å². The first-order valence-electron chi connectivity index (χ1n) is 6.45. The van der Waals surface area contributed by atoms with Gasteiger partial charge in [0.2, 0.25) is 0 Å². The highest BCUT2D eigenvalue weighted by Crippen LogP contribution is 2.30. The predicted molar refractivity (Wildman–Crippen MR) is 66.6 cm³/mol. The van der Waals surface area contributed by atoms with E-state index in [9.17, 15) is 18.3 Å². The molecule has 2 N–H and O–H groups in total. The van der Waals surface area contributed by atoms with Crippen molar-refractivity contribution >= 4 is 0 Å². The zero-order chi connectivity index (χ0) is 14.0. The highest BCUT2D eigenvalue weighted by molar-refractivity contribution is 5.26. The molecule has 2 rings (SSSR count). The first-order chi connectivity index (χ1) is 8.86. The topological polar surface area (TPSA) is 32.3 Å². The van der Waals surface area contributed by atoms with Crippen molar-refractivity contribution in [3.8, 4) is 0 Å². The first kappa shape index (κ1) is 14.3. The van der Waals surface area contributed by atoms with E-state index in [0.717, 1.165) is 37.1 Å². The van der Waals surface area contributed by atoms with E-state index in [1.54, 1.807) is 0 Å². The maximum atomic E-state index is 12.4. The Kier molecular flexibility index (Phi) is 4.16. The van der Waals surface area contributed by atoms with Crippen molar-refractivity contribution in [2.75, 3.05) is 6.54 Å². The zero-order valence-electron chi connectivity index (χ0n) is 10.7. The molecule has 0 radical (unpaired) electrons. The van der Waals surface area contributed by atoms with Gasteiger partial charge in [0.15, 0.2) is 0 Å². The molecule has 0 amide bonds. The van der Waals surface area contributed by atoms with Crippen LogP contribution in [0.1, 0.15) is 36.9 Å². The fourth-order valence-corrected chi connectivity index (χ4v) is 2.29. The van der Waals surface area contributed by atoms with E-state index >= 15 is 0 Å². The number of nitrogens with one attached hydrogen (secondary N) is 1. The molecule has 5 heteroatoms. The van der Waals surface area contributed by atoms with Gasteiger partial charge in [0.25, 0.3) is 0 Å². The van der Waals surface area contributed by atoms with Crippen LogP contribution in [0.4, 0.5) is 13.2 Å². The van der Waals surface area contributed by atoms with Crippen molar-refractivity contribution in [3.63, 3.8) is 0 Å². The summed E-state index contributed by atoms with van der Waals surface area (Å²) in [6.45, 7) is 2.72. The van der Waals surface area contributed by atoms with Crippen molar-refractivity contribution in [2.24, 2.45) is 5.92 Å². The molecule has 1 unspecified atom stereocenters. The Balaban J connectivity index is 1.87. The van der Waals surface area contributed by atoms with Crippen LogP contribution in [-0.2, 0) is 6.18 Å². The summed E-state index contributed by atoms with van der Waals surface area (Å²) in [4.78, 5) is 0. The van der Waals surface area contributed by atoms with Crippen LogP contribution in [0.2, 0.25) is 0 Å². The maximum absolute atomic E-state index is 12.4. The van der Waals surface area contributed by atoms with Gasteiger partial charge in [-0.3, -0.25) is 0 Å². The summed E-state index contributed by atoms with van der Waals surface area (Å²) in [5.74, 6) is 0.479. The highest BCUT2D eigenvalue weighted by Gasteiger charge is 2.30. The molecule has 0 spiro atoms. The molecule has 0 heterocycles. The third-order valence-corrected chi connectivity index (χ3v) is 3.66. The lowest BCUT2D eigenvalue weighted by Gasteiger charge is -2.32. The second-order valence-corrected chi connectivity index (χ2v) is 5.24. The Labute approximate surface area is 110 Å². The average Bonchev–Trinajstić information content (AvgIpc) is 2.32. The molecule has 1 aliphatic carbocycles. The third kappa shape index (κ3) is 3.70. The van der Waals surface area contributed by atoms with Crippen molar-refractivity contribution in [1.82, 2.24) is 5.32 Å². The molecule has 1 aromatic rings. The molecular formula is C14H18F3NO. The van der Waals surface area contributed by atoms with Gasteiger partial charge in [0, 0.05) is 6.04 Å². The van der Waals surface area contributed by atoms with Crippen LogP contribution >= 0.6 is 0 Å². The van der Waals surface area contributed by atoms with Crippen LogP contribution < -0.4 is 5.32 Å². The minimum absolute atomic E-state index is 0.0139. The van der Waals surface area contributed by atoms with Crippen LogP contribution in [-0.4, -0.2) is 17.8 Å². The van der Waals surface area contributed by atoms with Crippen molar-refractivity contribution in [1.29, 1.82) is 0 Å². The Morgan fingerprint density at radius 2 is 1.84 bits per heavy atom. The van der Waals surface area contributed by atoms with Crippen molar-refractivity contribution in [3.05, 3.63) is 35.4 Å². The molecule has 106 valence electrons. The van der Waals surface area contributed by atoms with E-state index in [1.807, 2.05) is 6.92 Å². The van der Waals surface area contributed by atoms with Crippen LogP contribution in [0, 0.1) is 5.92 Å². The normalized spacial score (nSPS) is 24.9. The van der Waals surface area contributed by atoms with Gasteiger partial charge in [-0.15, -0.1) is 0 Å². The molecule has 2 nitrogen and oxygen atoms in total. The summed E-state index contributed by atoms with van der Waals surface area (Å²) in [6, 6.07) is 5.26. The average molecular weight is 273 g/mol. The molecule has 1 fully saturated rings. The molecule has 1 aliphatic rings. The first-order valence-corrected chi connectivity index (χ1v) is 6.45. The van der Waals surface area contributed by atoms with E-state index in [2.05, 4.69) is 5.32 Å². The highest BCUT2D eigenvalue weighted by atomic mass is 19.4. The number of alkyl halides is 3. The van der Waals surface area contributed by atoms with E-state index in [-0.39, 0.29) is 12.1 Å².